The highest BCUT2D eigenvalue weighted by molar-refractivity contribution is 5.60. The molecule has 1 aromatic rings. The molecule has 0 unspecified atom stereocenters. The van der Waals surface area contributed by atoms with Crippen molar-refractivity contribution in [2.45, 2.75) is 18.9 Å². The zero-order valence-electron chi connectivity index (χ0n) is 8.36. The van der Waals surface area contributed by atoms with Crippen LogP contribution < -0.4 is 11.1 Å². The number of nitrogen functional groups attached to an aromatic ring is 1. The average Bonchev–Trinajstić information content (AvgIpc) is 2.47. The lowest BCUT2D eigenvalue weighted by Gasteiger charge is -2.23. The van der Waals surface area contributed by atoms with Crippen molar-refractivity contribution in [1.82, 2.24) is 9.78 Å². The van der Waals surface area contributed by atoms with Gasteiger partial charge >= 0.3 is 0 Å². The standard InChI is InChI=1S/C9H16N4O/c1-13-6-8(10)9(12-13)11-7-2-4-14-5-3-7/h6-7H,2-5,10H2,1H3,(H,11,12). The molecule has 78 valence electrons. The Kier molecular flexibility index (Phi) is 2.58. The zero-order chi connectivity index (χ0) is 9.97. The van der Waals surface area contributed by atoms with E-state index < -0.39 is 0 Å². The molecule has 0 aromatic carbocycles. The Bertz CT molecular complexity index is 304. The van der Waals surface area contributed by atoms with E-state index in [0.717, 1.165) is 31.9 Å². The molecule has 0 bridgehead atoms. The fraction of sp³-hybridized carbons (Fsp3) is 0.667. The van der Waals surface area contributed by atoms with Gasteiger partial charge in [0.05, 0.1) is 5.69 Å². The van der Waals surface area contributed by atoms with Crippen molar-refractivity contribution >= 4 is 11.5 Å². The summed E-state index contributed by atoms with van der Waals surface area (Å²) in [6.45, 7) is 1.65. The van der Waals surface area contributed by atoms with E-state index in [1.165, 1.54) is 0 Å². The fourth-order valence-electron chi connectivity index (χ4n) is 1.65. The van der Waals surface area contributed by atoms with Crippen molar-refractivity contribution in [1.29, 1.82) is 0 Å². The van der Waals surface area contributed by atoms with E-state index in [1.54, 1.807) is 4.68 Å². The summed E-state index contributed by atoms with van der Waals surface area (Å²) in [7, 11) is 1.87. The van der Waals surface area contributed by atoms with E-state index in [0.29, 0.717) is 11.7 Å². The van der Waals surface area contributed by atoms with Gasteiger partial charge in [-0.05, 0) is 12.8 Å². The number of nitrogens with zero attached hydrogens (tertiary/aromatic N) is 2. The smallest absolute Gasteiger partial charge is 0.171 e. The van der Waals surface area contributed by atoms with Gasteiger partial charge in [0.15, 0.2) is 5.82 Å². The highest BCUT2D eigenvalue weighted by Crippen LogP contribution is 2.18. The first-order valence-electron chi connectivity index (χ1n) is 4.89. The second-order valence-corrected chi connectivity index (χ2v) is 3.64. The lowest BCUT2D eigenvalue weighted by Crippen LogP contribution is -2.28. The van der Waals surface area contributed by atoms with Gasteiger partial charge in [0.1, 0.15) is 0 Å². The zero-order valence-corrected chi connectivity index (χ0v) is 8.36. The van der Waals surface area contributed by atoms with Crippen molar-refractivity contribution in [2.75, 3.05) is 24.3 Å². The van der Waals surface area contributed by atoms with E-state index in [1.807, 2.05) is 13.2 Å². The minimum atomic E-state index is 0.445. The summed E-state index contributed by atoms with van der Waals surface area (Å²) >= 11 is 0. The van der Waals surface area contributed by atoms with Crippen LogP contribution in [0.5, 0.6) is 0 Å². The topological polar surface area (TPSA) is 65.1 Å². The summed E-state index contributed by atoms with van der Waals surface area (Å²) in [5, 5.41) is 7.58. The summed E-state index contributed by atoms with van der Waals surface area (Å²) in [4.78, 5) is 0. The van der Waals surface area contributed by atoms with Crippen LogP contribution in [0.4, 0.5) is 11.5 Å². The highest BCUT2D eigenvalue weighted by Gasteiger charge is 2.15. The number of aryl methyl sites for hydroxylation is 1. The van der Waals surface area contributed by atoms with Gasteiger partial charge in [-0.3, -0.25) is 4.68 Å². The maximum atomic E-state index is 5.78. The molecular weight excluding hydrogens is 180 g/mol. The molecule has 5 nitrogen and oxygen atoms in total. The van der Waals surface area contributed by atoms with Crippen molar-refractivity contribution in [3.8, 4) is 0 Å². The molecule has 1 saturated heterocycles. The molecule has 0 aliphatic carbocycles. The minimum Gasteiger partial charge on any atom is -0.394 e. The normalized spacial score (nSPS) is 18.4. The van der Waals surface area contributed by atoms with Gasteiger partial charge in [-0.2, -0.15) is 5.10 Å². The van der Waals surface area contributed by atoms with Gasteiger partial charge in [0.2, 0.25) is 0 Å². The van der Waals surface area contributed by atoms with Gasteiger partial charge in [-0.25, -0.2) is 0 Å². The molecule has 1 aromatic heterocycles. The summed E-state index contributed by atoms with van der Waals surface area (Å²) < 4.78 is 7.00. The van der Waals surface area contributed by atoms with E-state index in [2.05, 4.69) is 10.4 Å². The molecule has 2 rings (SSSR count). The van der Waals surface area contributed by atoms with Gasteiger partial charge < -0.3 is 15.8 Å². The molecule has 1 aliphatic heterocycles. The van der Waals surface area contributed by atoms with Crippen molar-refractivity contribution in [3.63, 3.8) is 0 Å². The summed E-state index contributed by atoms with van der Waals surface area (Å²) in [5.74, 6) is 0.791. The number of hydrogen-bond acceptors (Lipinski definition) is 4. The van der Waals surface area contributed by atoms with Crippen LogP contribution in [0.25, 0.3) is 0 Å². The Morgan fingerprint density at radius 2 is 2.29 bits per heavy atom. The Morgan fingerprint density at radius 1 is 1.57 bits per heavy atom. The van der Waals surface area contributed by atoms with Gasteiger partial charge in [-0.1, -0.05) is 0 Å². The Labute approximate surface area is 83.2 Å². The molecule has 0 spiro atoms. The monoisotopic (exact) mass is 196 g/mol. The molecule has 0 radical (unpaired) electrons. The SMILES string of the molecule is Cn1cc(N)c(NC2CCOCC2)n1. The summed E-state index contributed by atoms with van der Waals surface area (Å²) in [6, 6.07) is 0.445. The van der Waals surface area contributed by atoms with Crippen LogP contribution in [0.1, 0.15) is 12.8 Å². The lowest BCUT2D eigenvalue weighted by atomic mass is 10.1. The molecule has 0 atom stereocenters. The van der Waals surface area contributed by atoms with Crippen LogP contribution in [0, 0.1) is 0 Å². The molecule has 5 heteroatoms. The van der Waals surface area contributed by atoms with E-state index in [4.69, 9.17) is 10.5 Å². The second-order valence-electron chi connectivity index (χ2n) is 3.64. The van der Waals surface area contributed by atoms with Crippen LogP contribution in [0.2, 0.25) is 0 Å². The van der Waals surface area contributed by atoms with Gasteiger partial charge in [0.25, 0.3) is 0 Å². The lowest BCUT2D eigenvalue weighted by molar-refractivity contribution is 0.0904. The van der Waals surface area contributed by atoms with Crippen molar-refractivity contribution in [3.05, 3.63) is 6.20 Å². The first-order chi connectivity index (χ1) is 6.75. The number of hydrogen-bond donors (Lipinski definition) is 2. The van der Waals surface area contributed by atoms with E-state index in [9.17, 15) is 0 Å². The van der Waals surface area contributed by atoms with Crippen LogP contribution in [-0.4, -0.2) is 29.0 Å². The largest absolute Gasteiger partial charge is 0.394 e. The van der Waals surface area contributed by atoms with Crippen LogP contribution in [0.3, 0.4) is 0 Å². The number of nitrogens with one attached hydrogen (secondary N) is 1. The number of aromatic nitrogens is 2. The number of anilines is 2. The molecular formula is C9H16N4O. The molecule has 0 saturated carbocycles. The predicted octanol–water partition coefficient (Wildman–Crippen LogP) is 0.593. The second kappa shape index (κ2) is 3.88. The maximum absolute atomic E-state index is 5.78. The minimum absolute atomic E-state index is 0.445. The average molecular weight is 196 g/mol. The molecule has 14 heavy (non-hydrogen) atoms. The predicted molar refractivity (Wildman–Crippen MR) is 55.1 cm³/mol. The third-order valence-corrected chi connectivity index (χ3v) is 2.42. The molecule has 2 heterocycles. The molecule has 3 N–H and O–H groups in total. The Balaban J connectivity index is 1.98. The van der Waals surface area contributed by atoms with Gasteiger partial charge in [-0.15, -0.1) is 0 Å². The maximum Gasteiger partial charge on any atom is 0.171 e. The third kappa shape index (κ3) is 1.98. The van der Waals surface area contributed by atoms with Crippen molar-refractivity contribution in [2.24, 2.45) is 7.05 Å². The first-order valence-corrected chi connectivity index (χ1v) is 4.89. The van der Waals surface area contributed by atoms with Crippen LogP contribution in [0.15, 0.2) is 6.20 Å². The first kappa shape index (κ1) is 9.33. The van der Waals surface area contributed by atoms with Crippen LogP contribution in [-0.2, 0) is 11.8 Å². The van der Waals surface area contributed by atoms with E-state index >= 15 is 0 Å². The number of ether oxygens (including phenoxy) is 1. The number of nitrogens with two attached hydrogens (primary N) is 1. The summed E-state index contributed by atoms with van der Waals surface area (Å²) in [5.41, 5.74) is 6.49. The fourth-order valence-corrected chi connectivity index (χ4v) is 1.65. The highest BCUT2D eigenvalue weighted by atomic mass is 16.5. The van der Waals surface area contributed by atoms with Gasteiger partial charge in [0, 0.05) is 32.5 Å². The molecule has 0 amide bonds. The molecule has 1 aliphatic rings. The van der Waals surface area contributed by atoms with E-state index in [-0.39, 0.29) is 0 Å². The molecule has 1 fully saturated rings. The quantitative estimate of drug-likeness (QED) is 0.726. The Morgan fingerprint density at radius 3 is 2.86 bits per heavy atom. The van der Waals surface area contributed by atoms with Crippen molar-refractivity contribution < 1.29 is 4.74 Å². The third-order valence-electron chi connectivity index (χ3n) is 2.42. The summed E-state index contributed by atoms with van der Waals surface area (Å²) in [6.07, 6.45) is 3.85. The van der Waals surface area contributed by atoms with Crippen LogP contribution >= 0.6 is 0 Å². The number of rotatable bonds is 2. The Hall–Kier alpha value is -1.23.